The normalized spacial score (nSPS) is 26.5. The molecule has 19 heavy (non-hydrogen) atoms. The van der Waals surface area contributed by atoms with Gasteiger partial charge in [-0.1, -0.05) is 12.1 Å². The molecule has 3 rings (SSSR count). The first kappa shape index (κ1) is 13.1. The molecule has 104 valence electrons. The predicted molar refractivity (Wildman–Crippen MR) is 75.4 cm³/mol. The maximum atomic E-state index is 12.8. The zero-order valence-electron chi connectivity index (χ0n) is 11.7. The van der Waals surface area contributed by atoms with E-state index in [2.05, 4.69) is 16.8 Å². The van der Waals surface area contributed by atoms with E-state index >= 15 is 0 Å². The summed E-state index contributed by atoms with van der Waals surface area (Å²) in [7, 11) is 2.15. The molecule has 2 fully saturated rings. The summed E-state index contributed by atoms with van der Waals surface area (Å²) in [6, 6.07) is 7.71. The highest BCUT2D eigenvalue weighted by Gasteiger charge is 2.37. The first-order valence-corrected chi connectivity index (χ1v) is 7.38. The van der Waals surface area contributed by atoms with Gasteiger partial charge in [0.1, 0.15) is 5.82 Å². The monoisotopic (exact) mass is 262 g/mol. The van der Waals surface area contributed by atoms with Gasteiger partial charge in [-0.2, -0.15) is 0 Å². The number of nitrogens with zero attached hydrogens (tertiary/aromatic N) is 2. The molecule has 2 aliphatic rings. The van der Waals surface area contributed by atoms with Crippen molar-refractivity contribution >= 4 is 0 Å². The van der Waals surface area contributed by atoms with Crippen LogP contribution in [-0.2, 0) is 6.54 Å². The summed E-state index contributed by atoms with van der Waals surface area (Å²) >= 11 is 0. The topological polar surface area (TPSA) is 6.48 Å². The van der Waals surface area contributed by atoms with E-state index in [0.29, 0.717) is 0 Å². The second-order valence-electron chi connectivity index (χ2n) is 6.19. The molecule has 2 bridgehead atoms. The lowest BCUT2D eigenvalue weighted by Crippen LogP contribution is -2.38. The van der Waals surface area contributed by atoms with Crippen LogP contribution >= 0.6 is 0 Å². The number of benzene rings is 1. The van der Waals surface area contributed by atoms with Crippen LogP contribution in [0.15, 0.2) is 24.3 Å². The molecule has 3 heteroatoms. The van der Waals surface area contributed by atoms with Gasteiger partial charge in [0.2, 0.25) is 0 Å². The molecule has 1 aromatic carbocycles. The van der Waals surface area contributed by atoms with E-state index < -0.39 is 0 Å². The van der Waals surface area contributed by atoms with Gasteiger partial charge in [-0.3, -0.25) is 4.90 Å². The molecular formula is C16H23FN2. The van der Waals surface area contributed by atoms with E-state index in [4.69, 9.17) is 0 Å². The molecule has 0 aromatic heterocycles. The van der Waals surface area contributed by atoms with Crippen molar-refractivity contribution in [2.45, 2.75) is 31.8 Å². The molecule has 1 saturated carbocycles. The SMILES string of the molecule is CN(CCN1C[C@@H]2CC[C@H]1C2)Cc1ccc(F)cc1. The third-order valence-corrected chi connectivity index (χ3v) is 4.66. The number of likely N-dealkylation sites (tertiary alicyclic amines) is 1. The Kier molecular flexibility index (Phi) is 3.85. The van der Waals surface area contributed by atoms with Crippen LogP contribution in [-0.4, -0.2) is 42.5 Å². The third-order valence-electron chi connectivity index (χ3n) is 4.66. The van der Waals surface area contributed by atoms with Gasteiger partial charge in [-0.15, -0.1) is 0 Å². The average molecular weight is 262 g/mol. The van der Waals surface area contributed by atoms with Crippen molar-refractivity contribution in [2.75, 3.05) is 26.7 Å². The summed E-state index contributed by atoms with van der Waals surface area (Å²) in [5, 5.41) is 0. The standard InChI is InChI=1S/C16H23FN2/c1-18(11-13-2-5-15(17)6-3-13)8-9-19-12-14-4-7-16(19)10-14/h2-3,5-6,14,16H,4,7-12H2,1H3/t14-,16+/m1/s1. The van der Waals surface area contributed by atoms with Crippen molar-refractivity contribution in [3.05, 3.63) is 35.6 Å². The maximum Gasteiger partial charge on any atom is 0.123 e. The largest absolute Gasteiger partial charge is 0.301 e. The molecule has 2 nitrogen and oxygen atoms in total. The van der Waals surface area contributed by atoms with Crippen molar-refractivity contribution in [2.24, 2.45) is 5.92 Å². The molecule has 0 unspecified atom stereocenters. The maximum absolute atomic E-state index is 12.8. The van der Waals surface area contributed by atoms with Crippen LogP contribution in [0.2, 0.25) is 0 Å². The van der Waals surface area contributed by atoms with E-state index in [-0.39, 0.29) is 5.82 Å². The van der Waals surface area contributed by atoms with E-state index in [9.17, 15) is 4.39 Å². The van der Waals surface area contributed by atoms with E-state index in [1.165, 1.54) is 37.9 Å². The third kappa shape index (κ3) is 3.15. The predicted octanol–water partition coefficient (Wildman–Crippen LogP) is 2.74. The summed E-state index contributed by atoms with van der Waals surface area (Å²) in [5.41, 5.74) is 1.19. The Morgan fingerprint density at radius 3 is 2.68 bits per heavy atom. The number of hydrogen-bond acceptors (Lipinski definition) is 2. The highest BCUT2D eigenvalue weighted by Crippen LogP contribution is 2.36. The first-order valence-electron chi connectivity index (χ1n) is 7.38. The van der Waals surface area contributed by atoms with Crippen LogP contribution < -0.4 is 0 Å². The zero-order valence-corrected chi connectivity index (χ0v) is 11.7. The minimum absolute atomic E-state index is 0.153. The second kappa shape index (κ2) is 5.59. The number of fused-ring (bicyclic) bond motifs is 2. The minimum atomic E-state index is -0.153. The number of likely N-dealkylation sites (N-methyl/N-ethyl adjacent to an activating group) is 1. The molecule has 0 N–H and O–H groups in total. The van der Waals surface area contributed by atoms with Crippen molar-refractivity contribution in [3.63, 3.8) is 0 Å². The number of hydrogen-bond donors (Lipinski definition) is 0. The summed E-state index contributed by atoms with van der Waals surface area (Å²) in [4.78, 5) is 4.99. The lowest BCUT2D eigenvalue weighted by Gasteiger charge is -2.28. The summed E-state index contributed by atoms with van der Waals surface area (Å²) in [6.45, 7) is 4.50. The minimum Gasteiger partial charge on any atom is -0.301 e. The fourth-order valence-corrected chi connectivity index (χ4v) is 3.58. The highest BCUT2D eigenvalue weighted by molar-refractivity contribution is 5.15. The molecule has 0 amide bonds. The Hall–Kier alpha value is -0.930. The smallest absolute Gasteiger partial charge is 0.123 e. The Labute approximate surface area is 115 Å². The number of rotatable bonds is 5. The molecule has 1 aliphatic carbocycles. The van der Waals surface area contributed by atoms with Crippen LogP contribution in [0.4, 0.5) is 4.39 Å². The quantitative estimate of drug-likeness (QED) is 0.805. The average Bonchev–Trinajstić information content (AvgIpc) is 3.01. The van der Waals surface area contributed by atoms with Crippen molar-refractivity contribution in [1.82, 2.24) is 9.80 Å². The molecule has 0 radical (unpaired) electrons. The summed E-state index contributed by atoms with van der Waals surface area (Å²) < 4.78 is 12.8. The molecular weight excluding hydrogens is 239 g/mol. The van der Waals surface area contributed by atoms with Gasteiger partial charge in [0.05, 0.1) is 0 Å². The highest BCUT2D eigenvalue weighted by atomic mass is 19.1. The first-order chi connectivity index (χ1) is 9.20. The molecule has 1 saturated heterocycles. The summed E-state index contributed by atoms with van der Waals surface area (Å²) in [5.74, 6) is 0.826. The van der Waals surface area contributed by atoms with Gasteiger partial charge in [0.15, 0.2) is 0 Å². The van der Waals surface area contributed by atoms with Gasteiger partial charge >= 0.3 is 0 Å². The Morgan fingerprint density at radius 1 is 1.26 bits per heavy atom. The Bertz CT molecular complexity index is 417. The lowest BCUT2D eigenvalue weighted by molar-refractivity contribution is 0.182. The molecule has 1 heterocycles. The molecule has 1 aliphatic heterocycles. The van der Waals surface area contributed by atoms with Gasteiger partial charge in [0.25, 0.3) is 0 Å². The van der Waals surface area contributed by atoms with Crippen LogP contribution in [0, 0.1) is 11.7 Å². The van der Waals surface area contributed by atoms with Gasteiger partial charge in [-0.25, -0.2) is 4.39 Å². The van der Waals surface area contributed by atoms with Crippen molar-refractivity contribution in [3.8, 4) is 0 Å². The van der Waals surface area contributed by atoms with Crippen LogP contribution in [0.3, 0.4) is 0 Å². The van der Waals surface area contributed by atoms with Crippen LogP contribution in [0.1, 0.15) is 24.8 Å². The fraction of sp³-hybridized carbons (Fsp3) is 0.625. The molecule has 0 spiro atoms. The summed E-state index contributed by atoms with van der Waals surface area (Å²) in [6.07, 6.45) is 4.29. The Balaban J connectivity index is 1.44. The molecule has 1 aromatic rings. The van der Waals surface area contributed by atoms with Crippen LogP contribution in [0.5, 0.6) is 0 Å². The fourth-order valence-electron chi connectivity index (χ4n) is 3.58. The van der Waals surface area contributed by atoms with Crippen LogP contribution in [0.25, 0.3) is 0 Å². The number of piperidine rings is 1. The van der Waals surface area contributed by atoms with Gasteiger partial charge < -0.3 is 4.90 Å². The number of halogens is 1. The van der Waals surface area contributed by atoms with E-state index in [0.717, 1.165) is 25.0 Å². The van der Waals surface area contributed by atoms with Gasteiger partial charge in [-0.05, 0) is 49.9 Å². The second-order valence-corrected chi connectivity index (χ2v) is 6.19. The zero-order chi connectivity index (χ0) is 13.2. The van der Waals surface area contributed by atoms with E-state index in [1.54, 1.807) is 12.1 Å². The van der Waals surface area contributed by atoms with Crippen molar-refractivity contribution < 1.29 is 4.39 Å². The van der Waals surface area contributed by atoms with Crippen molar-refractivity contribution in [1.29, 1.82) is 0 Å². The Morgan fingerprint density at radius 2 is 2.05 bits per heavy atom. The lowest BCUT2D eigenvalue weighted by atomic mass is 10.1. The molecule has 2 atom stereocenters. The van der Waals surface area contributed by atoms with E-state index in [1.807, 2.05) is 12.1 Å². The van der Waals surface area contributed by atoms with Gasteiger partial charge in [0, 0.05) is 32.2 Å².